The number of carboxylic acid groups (broad SMARTS) is 1. The maximum Gasteiger partial charge on any atom is 0.305 e. The number of hydrogen-bond acceptors (Lipinski definition) is 27. The van der Waals surface area contributed by atoms with Gasteiger partial charge in [-0.15, -0.1) is 0 Å². The quantitative estimate of drug-likeness (QED) is 0.0108. The maximum absolute atomic E-state index is 14.7. The van der Waals surface area contributed by atoms with Gasteiger partial charge < -0.3 is 149 Å². The van der Waals surface area contributed by atoms with E-state index in [4.69, 9.17) is 39.2 Å². The average molecular weight is 1930 g/mol. The molecule has 17 amide bonds. The molecule has 0 aliphatic carbocycles. The number of nitrogens with two attached hydrogens (primary N) is 4. The van der Waals surface area contributed by atoms with Gasteiger partial charge in [-0.2, -0.15) is 25.3 Å². The summed E-state index contributed by atoms with van der Waals surface area (Å²) >= 11 is 8.55. The number of piperazine rings is 2. The number of aromatic nitrogens is 2. The number of unbranched alkanes of at least 4 members (excludes halogenated alkanes) is 2. The first-order valence-corrected chi connectivity index (χ1v) is 45.4. The molecule has 0 radical (unpaired) electrons. The van der Waals surface area contributed by atoms with E-state index in [1.54, 1.807) is 44.2 Å². The van der Waals surface area contributed by atoms with Crippen LogP contribution in [0.5, 0.6) is 5.75 Å². The first-order valence-electron chi connectivity index (χ1n) is 44.1. The van der Waals surface area contributed by atoms with Crippen LogP contribution in [0.1, 0.15) is 134 Å². The number of nitrogens with zero attached hydrogens (tertiary/aromatic N) is 2. The minimum atomic E-state index is -2.03. The number of nitrogens with one attached hydrogen (secondary N) is 23. The number of aliphatic hydroxyl groups excluding tert-OH is 1. The van der Waals surface area contributed by atoms with Crippen molar-refractivity contribution in [2.45, 2.75) is 227 Å². The Bertz CT molecular complexity index is 4560. The zero-order valence-electron chi connectivity index (χ0n) is 75.5. The largest absolute Gasteiger partial charge is 0.508 e. The van der Waals surface area contributed by atoms with E-state index in [-0.39, 0.29) is 127 Å². The molecule has 135 heavy (non-hydrogen) atoms. The highest BCUT2D eigenvalue weighted by molar-refractivity contribution is 7.80. The smallest absolute Gasteiger partial charge is 0.305 e. The number of thiol groups is 2. The van der Waals surface area contributed by atoms with Crippen LogP contribution in [-0.4, -0.2) is 309 Å². The number of aromatic hydroxyl groups is 1. The van der Waals surface area contributed by atoms with Gasteiger partial charge in [-0.25, -0.2) is 4.98 Å². The molecule has 2 aliphatic heterocycles. The van der Waals surface area contributed by atoms with E-state index in [1.807, 2.05) is 6.92 Å². The molecule has 0 saturated carbocycles. The highest BCUT2D eigenvalue weighted by atomic mass is 32.1. The first-order chi connectivity index (χ1) is 64.2. The van der Waals surface area contributed by atoms with Crippen molar-refractivity contribution in [1.82, 2.24) is 116 Å². The van der Waals surface area contributed by atoms with E-state index >= 15 is 0 Å². The van der Waals surface area contributed by atoms with Crippen LogP contribution in [0.25, 0.3) is 0 Å². The summed E-state index contributed by atoms with van der Waals surface area (Å²) in [6.45, 7) is 3.70. The van der Waals surface area contributed by atoms with Crippen molar-refractivity contribution < 1.29 is 102 Å². The van der Waals surface area contributed by atoms with E-state index in [0.717, 1.165) is 17.7 Å². The number of aromatic amines is 1. The SMILES string of the molecule is CCCC[C@@H]1NC[C@H](C(=O)N[C@@H](CS)C(=O)N[C@@H](Cc2cnc[nH]2)C(=O)N[C@@H](Cc2ccccc2)C(=O)NCC(=O)NCC(=O)N[C@@H](CCCNC(=N)N)C(=O)N[C@@H](CCCC)C(=O)N[C@@H](CC(=O)O)C(=O)N[C@@H](CCCNC(=N)N)C(=O)N[C@H](C(=O)N[C@@H](CO)C(=O)N[C@@H](CS)C(=O)N[C@@H](Cc2ccc(O)cc2)C(=O)N2C[C@H](C(N)=O)NC(=O)[C@@H]2CCCNC(=N)N)[C@@H](C)CC)NC1=O. The molecule has 2 aliphatic rings. The van der Waals surface area contributed by atoms with Crippen LogP contribution >= 0.6 is 25.3 Å². The molecule has 3 heterocycles. The Kier molecular flexibility index (Phi) is 48.4. The van der Waals surface area contributed by atoms with E-state index < -0.39 is 247 Å². The number of primary amides is 1. The standard InChI is InChI=1S/C83H129N29O21S2/c1-5-8-18-48-68(121)106-56(35-95-48)74(127)109-59(40-134)76(129)103-53(32-46-34-91-42-98-46)72(125)102-52(30-44-16-11-10-12-17-44)67(120)97-36-62(115)96-37-63(116)99-49(20-13-27-92-81(85)86)69(122)100-50(19-9-6-2)70(123)104-54(33-64(117)118)73(126)101-51(21-14-28-93-82(87)88)71(124)111-65(43(4)7-3)79(132)108-58(39-113)75(128)110-60(41-135)77(130)105-55(31-45-23-25-47(114)26-24-45)80(133)112-38-57(66(84)119)107-78(131)61(112)22-15-29-94-83(89)90/h10-12,16-17,23-26,34,42-43,48-61,65,95,113-114,134-135H,5-9,13-15,18-22,27-33,35-41H2,1-4H3,(H2,84,119)(H,91,98)(H,96,115)(H,97,120)(H,99,116)(H,100,122)(H,101,126)(H,102,125)(H,103,129)(H,104,123)(H,105,130)(H,106,121)(H,107,131)(H,108,132)(H,109,127)(H,110,128)(H,111,124)(H,117,118)(H4,85,86,92)(H4,87,88,93)(H4,89,90,94)/t43-,48-,49-,50-,51-,52-,53-,54-,55-,56+,57+,58-,59-,60-,61-,65-/m0/s1. The lowest BCUT2D eigenvalue weighted by Crippen LogP contribution is -2.67. The highest BCUT2D eigenvalue weighted by Crippen LogP contribution is 2.21. The second kappa shape index (κ2) is 58.4. The third-order valence-corrected chi connectivity index (χ3v) is 22.4. The number of amides is 17. The van der Waals surface area contributed by atoms with Crippen molar-refractivity contribution in [2.24, 2.45) is 28.9 Å². The third-order valence-electron chi connectivity index (χ3n) is 21.7. The Morgan fingerprint density at radius 2 is 0.978 bits per heavy atom. The van der Waals surface area contributed by atoms with Crippen LogP contribution in [0.3, 0.4) is 0 Å². The van der Waals surface area contributed by atoms with Crippen molar-refractivity contribution in [2.75, 3.05) is 63.9 Å². The molecule has 1 aromatic heterocycles. The molecule has 2 saturated heterocycles. The molecule has 2 fully saturated rings. The van der Waals surface area contributed by atoms with Crippen molar-refractivity contribution in [3.63, 3.8) is 0 Å². The van der Waals surface area contributed by atoms with Crippen LogP contribution in [-0.2, 0) is 106 Å². The first kappa shape index (κ1) is 112. The number of aliphatic hydroxyl groups is 1. The van der Waals surface area contributed by atoms with E-state index in [0.29, 0.717) is 29.7 Å². The van der Waals surface area contributed by atoms with Crippen LogP contribution in [0.4, 0.5) is 0 Å². The Labute approximate surface area is 789 Å². The lowest BCUT2D eigenvalue weighted by molar-refractivity contribution is -0.149. The van der Waals surface area contributed by atoms with Crippen LogP contribution < -0.4 is 124 Å². The van der Waals surface area contributed by atoms with Crippen molar-refractivity contribution >= 4 is 150 Å². The predicted octanol–water partition coefficient (Wildman–Crippen LogP) is -9.11. The van der Waals surface area contributed by atoms with Gasteiger partial charge in [0, 0.05) is 68.8 Å². The van der Waals surface area contributed by atoms with E-state index in [2.05, 4.69) is 136 Å². The normalized spacial score (nSPS) is 17.1. The Morgan fingerprint density at radius 1 is 0.504 bits per heavy atom. The van der Waals surface area contributed by atoms with E-state index in [9.17, 15) is 102 Å². The fourth-order valence-electron chi connectivity index (χ4n) is 14.0. The molecule has 0 spiro atoms. The van der Waals surface area contributed by atoms with Gasteiger partial charge in [-0.05, 0) is 80.5 Å². The number of imidazole rings is 1. The number of carbonyl (C=O) groups is 18. The highest BCUT2D eigenvalue weighted by Gasteiger charge is 2.44. The van der Waals surface area contributed by atoms with Gasteiger partial charge in [0.2, 0.25) is 100 Å². The topological polar surface area (TPSA) is 804 Å². The number of carboxylic acids is 1. The summed E-state index contributed by atoms with van der Waals surface area (Å²) in [7, 11) is 0. The van der Waals surface area contributed by atoms with Gasteiger partial charge in [0.05, 0.1) is 45.0 Å². The summed E-state index contributed by atoms with van der Waals surface area (Å²) in [4.78, 5) is 258. The predicted molar refractivity (Wildman–Crippen MR) is 495 cm³/mol. The van der Waals surface area contributed by atoms with Crippen LogP contribution in [0.2, 0.25) is 0 Å². The number of carbonyl (C=O) groups excluding carboxylic acids is 17. The van der Waals surface area contributed by atoms with Crippen molar-refractivity contribution in [3.8, 4) is 5.75 Å². The lowest BCUT2D eigenvalue weighted by atomic mass is 9.97. The molecule has 0 bridgehead atoms. The minimum absolute atomic E-state index is 0.0237. The van der Waals surface area contributed by atoms with Gasteiger partial charge in [0.25, 0.3) is 0 Å². The number of H-pyrrole nitrogens is 1. The zero-order valence-corrected chi connectivity index (χ0v) is 77.3. The van der Waals surface area contributed by atoms with Crippen molar-refractivity contribution in [3.05, 3.63) is 83.9 Å². The monoisotopic (exact) mass is 1930 g/mol. The molecule has 2 aromatic carbocycles. The van der Waals surface area contributed by atoms with Gasteiger partial charge in [-0.1, -0.05) is 102 Å². The summed E-state index contributed by atoms with van der Waals surface area (Å²) in [5, 5.41) is 102. The van der Waals surface area contributed by atoms with Gasteiger partial charge >= 0.3 is 5.97 Å². The van der Waals surface area contributed by atoms with E-state index in [1.165, 1.54) is 43.7 Å². The van der Waals surface area contributed by atoms with Crippen LogP contribution in [0, 0.1) is 22.1 Å². The van der Waals surface area contributed by atoms with Crippen LogP contribution in [0.15, 0.2) is 67.1 Å². The molecular weight excluding hydrogens is 1800 g/mol. The Morgan fingerprint density at radius 3 is 1.52 bits per heavy atom. The second-order valence-electron chi connectivity index (χ2n) is 32.2. The van der Waals surface area contributed by atoms with Gasteiger partial charge in [0.1, 0.15) is 90.3 Å². The summed E-state index contributed by atoms with van der Waals surface area (Å²) < 4.78 is 0. The number of phenolic OH excluding ortho intramolecular Hbond substituents is 1. The summed E-state index contributed by atoms with van der Waals surface area (Å²) in [5.41, 5.74) is 23.3. The fraction of sp³-hybridized carbons (Fsp3) is 0.566. The molecule has 52 heteroatoms. The number of hydrogen-bond donors (Lipinski definition) is 32. The molecule has 0 unspecified atom stereocenters. The molecule has 3 aromatic rings. The Balaban J connectivity index is 1.29. The summed E-state index contributed by atoms with van der Waals surface area (Å²) in [5.74, 6) is -20.9. The van der Waals surface area contributed by atoms with Crippen molar-refractivity contribution in [1.29, 1.82) is 16.2 Å². The third kappa shape index (κ3) is 39.2. The number of guanidine groups is 3. The number of benzene rings is 2. The second-order valence-corrected chi connectivity index (χ2v) is 33.0. The maximum atomic E-state index is 14.7. The Hall–Kier alpha value is -13.7. The molecule has 50 nitrogen and oxygen atoms in total. The molecule has 34 N–H and O–H groups in total. The average Bonchev–Trinajstić information content (AvgIpc) is 1.46. The zero-order chi connectivity index (χ0) is 100.0. The lowest BCUT2D eigenvalue weighted by Gasteiger charge is -2.40. The number of phenols is 1. The summed E-state index contributed by atoms with van der Waals surface area (Å²) in [6, 6.07) is -8.07. The molecular formula is C83H129N29O21S2. The van der Waals surface area contributed by atoms with Gasteiger partial charge in [-0.3, -0.25) is 103 Å². The molecule has 744 valence electrons. The molecule has 16 atom stereocenters. The summed E-state index contributed by atoms with van der Waals surface area (Å²) in [6.07, 6.45) is 3.22. The number of rotatable bonds is 59. The minimum Gasteiger partial charge on any atom is -0.508 e. The van der Waals surface area contributed by atoms with Gasteiger partial charge in [0.15, 0.2) is 17.9 Å². The fourth-order valence-corrected chi connectivity index (χ4v) is 14.5. The number of aliphatic carboxylic acids is 1. The molecule has 5 rings (SSSR count).